The third kappa shape index (κ3) is 5.90. The molecule has 0 aliphatic carbocycles. The molecule has 0 N–H and O–H groups in total. The van der Waals surface area contributed by atoms with Gasteiger partial charge in [0, 0.05) is 12.1 Å². The van der Waals surface area contributed by atoms with Crippen LogP contribution in [-0.4, -0.2) is 29.7 Å². The van der Waals surface area contributed by atoms with E-state index in [0.717, 1.165) is 5.03 Å². The molecule has 0 amide bonds. The van der Waals surface area contributed by atoms with E-state index in [9.17, 15) is 0 Å². The molecule has 1 aliphatic rings. The van der Waals surface area contributed by atoms with Gasteiger partial charge in [0.2, 0.25) is 0 Å². The molecule has 5 heteroatoms. The summed E-state index contributed by atoms with van der Waals surface area (Å²) in [5.74, 6) is 0.265. The average molecular weight is 408 g/mol. The maximum absolute atomic E-state index is 6.11. The molecular formula is C24H25NO3S. The SMILES string of the molecule is c1ccc(COC[C@@H]2OC(Sc3ccccn3)[C@H]2COCc2ccccc2)cc1. The van der Waals surface area contributed by atoms with E-state index in [1.165, 1.54) is 11.1 Å². The number of ether oxygens (including phenoxy) is 3. The Morgan fingerprint density at radius 1 is 0.759 bits per heavy atom. The number of rotatable bonds is 10. The van der Waals surface area contributed by atoms with E-state index >= 15 is 0 Å². The zero-order valence-electron chi connectivity index (χ0n) is 16.2. The van der Waals surface area contributed by atoms with Crippen molar-refractivity contribution in [3.8, 4) is 0 Å². The molecule has 4 nitrogen and oxygen atoms in total. The van der Waals surface area contributed by atoms with Gasteiger partial charge in [0.15, 0.2) is 0 Å². The Bertz CT molecular complexity index is 846. The van der Waals surface area contributed by atoms with E-state index in [1.807, 2.05) is 60.8 Å². The standard InChI is InChI=1S/C24H25NO3S/c1-3-9-19(10-4-1)15-26-17-21-22(18-27-16-20-11-5-2-6-12-20)28-24(21)29-23-13-7-8-14-25-23/h1-14,21-22,24H,15-18H2/t21-,22-,24?/m0/s1. The van der Waals surface area contributed by atoms with Crippen molar-refractivity contribution in [3.05, 3.63) is 96.2 Å². The summed E-state index contributed by atoms with van der Waals surface area (Å²) in [7, 11) is 0. The van der Waals surface area contributed by atoms with Gasteiger partial charge in [-0.25, -0.2) is 4.98 Å². The summed E-state index contributed by atoms with van der Waals surface area (Å²) in [6.07, 6.45) is 1.85. The molecule has 0 radical (unpaired) electrons. The van der Waals surface area contributed by atoms with Gasteiger partial charge in [-0.15, -0.1) is 0 Å². The lowest BCUT2D eigenvalue weighted by atomic mass is 9.99. The van der Waals surface area contributed by atoms with Crippen molar-refractivity contribution >= 4 is 11.8 Å². The highest BCUT2D eigenvalue weighted by Crippen LogP contribution is 2.40. The van der Waals surface area contributed by atoms with Gasteiger partial charge in [-0.1, -0.05) is 78.5 Å². The summed E-state index contributed by atoms with van der Waals surface area (Å²) in [4.78, 5) is 4.40. The van der Waals surface area contributed by atoms with Crippen LogP contribution in [-0.2, 0) is 27.4 Å². The van der Waals surface area contributed by atoms with Crippen LogP contribution in [0.15, 0.2) is 90.1 Å². The lowest BCUT2D eigenvalue weighted by Gasteiger charge is -2.43. The van der Waals surface area contributed by atoms with Crippen molar-refractivity contribution in [1.29, 1.82) is 0 Å². The predicted octanol–water partition coefficient (Wildman–Crippen LogP) is 4.95. The summed E-state index contributed by atoms with van der Waals surface area (Å²) in [6.45, 7) is 2.40. The van der Waals surface area contributed by atoms with Crippen LogP contribution in [0.1, 0.15) is 11.1 Å². The molecule has 2 aromatic carbocycles. The third-order valence-electron chi connectivity index (χ3n) is 4.83. The lowest BCUT2D eigenvalue weighted by molar-refractivity contribution is -0.185. The topological polar surface area (TPSA) is 40.6 Å². The van der Waals surface area contributed by atoms with E-state index < -0.39 is 0 Å². The molecule has 150 valence electrons. The van der Waals surface area contributed by atoms with Gasteiger partial charge in [-0.2, -0.15) is 0 Å². The van der Waals surface area contributed by atoms with Gasteiger partial charge < -0.3 is 14.2 Å². The second-order valence-electron chi connectivity index (χ2n) is 6.99. The molecule has 29 heavy (non-hydrogen) atoms. The Morgan fingerprint density at radius 2 is 1.38 bits per heavy atom. The second-order valence-corrected chi connectivity index (χ2v) is 8.11. The molecule has 2 heterocycles. The molecule has 1 unspecified atom stereocenters. The van der Waals surface area contributed by atoms with E-state index in [4.69, 9.17) is 14.2 Å². The number of nitrogens with zero attached hydrogens (tertiary/aromatic N) is 1. The van der Waals surface area contributed by atoms with Crippen LogP contribution < -0.4 is 0 Å². The maximum atomic E-state index is 6.11. The van der Waals surface area contributed by atoms with Crippen molar-refractivity contribution in [2.45, 2.75) is 29.8 Å². The maximum Gasteiger partial charge on any atom is 0.117 e. The van der Waals surface area contributed by atoms with Crippen molar-refractivity contribution in [3.63, 3.8) is 0 Å². The average Bonchev–Trinajstić information content (AvgIpc) is 2.77. The summed E-state index contributed by atoms with van der Waals surface area (Å²) >= 11 is 1.65. The van der Waals surface area contributed by atoms with Crippen LogP contribution >= 0.6 is 11.8 Å². The first kappa shape index (κ1) is 20.1. The Balaban J connectivity index is 1.30. The van der Waals surface area contributed by atoms with Crippen molar-refractivity contribution in [1.82, 2.24) is 4.98 Å². The molecule has 0 spiro atoms. The molecule has 0 bridgehead atoms. The van der Waals surface area contributed by atoms with E-state index in [2.05, 4.69) is 29.2 Å². The Morgan fingerprint density at radius 3 is 2.00 bits per heavy atom. The van der Waals surface area contributed by atoms with Gasteiger partial charge in [0.05, 0.1) is 37.6 Å². The van der Waals surface area contributed by atoms with Crippen LogP contribution in [0, 0.1) is 5.92 Å². The largest absolute Gasteiger partial charge is 0.376 e. The normalized spacial score (nSPS) is 20.9. The molecule has 0 saturated carbocycles. The first-order valence-corrected chi connectivity index (χ1v) is 10.7. The fourth-order valence-corrected chi connectivity index (χ4v) is 4.36. The van der Waals surface area contributed by atoms with Crippen molar-refractivity contribution in [2.24, 2.45) is 5.92 Å². The van der Waals surface area contributed by atoms with Crippen LogP contribution in [0.5, 0.6) is 0 Å². The minimum atomic E-state index is 0.0333. The first-order chi connectivity index (χ1) is 14.4. The third-order valence-corrected chi connectivity index (χ3v) is 6.00. The lowest BCUT2D eigenvalue weighted by Crippen LogP contribution is -2.51. The van der Waals surface area contributed by atoms with Crippen molar-refractivity contribution < 1.29 is 14.2 Å². The van der Waals surface area contributed by atoms with E-state index in [-0.39, 0.29) is 17.5 Å². The second kappa shape index (κ2) is 10.6. The number of aromatic nitrogens is 1. The number of pyridine rings is 1. The Kier molecular flexibility index (Phi) is 7.32. The molecule has 3 aromatic rings. The summed E-state index contributed by atoms with van der Waals surface area (Å²) < 4.78 is 18.0. The number of benzene rings is 2. The molecule has 1 saturated heterocycles. The molecule has 1 fully saturated rings. The summed E-state index contributed by atoms with van der Waals surface area (Å²) in [5.41, 5.74) is 2.38. The molecular weight excluding hydrogens is 382 g/mol. The van der Waals surface area contributed by atoms with Crippen LogP contribution in [0.4, 0.5) is 0 Å². The van der Waals surface area contributed by atoms with Gasteiger partial charge in [0.25, 0.3) is 0 Å². The molecule has 1 aliphatic heterocycles. The first-order valence-electron chi connectivity index (χ1n) is 9.85. The van der Waals surface area contributed by atoms with Gasteiger partial charge in [-0.3, -0.25) is 0 Å². The molecule has 3 atom stereocenters. The van der Waals surface area contributed by atoms with Crippen molar-refractivity contribution in [2.75, 3.05) is 13.2 Å². The number of thioether (sulfide) groups is 1. The predicted molar refractivity (Wildman–Crippen MR) is 114 cm³/mol. The monoisotopic (exact) mass is 407 g/mol. The quantitative estimate of drug-likeness (QED) is 0.476. The Hall–Kier alpha value is -2.18. The van der Waals surface area contributed by atoms with Gasteiger partial charge in [0.1, 0.15) is 5.44 Å². The zero-order chi connectivity index (χ0) is 19.7. The smallest absolute Gasteiger partial charge is 0.117 e. The number of hydrogen-bond donors (Lipinski definition) is 0. The Labute approximate surface area is 176 Å². The van der Waals surface area contributed by atoms with Gasteiger partial charge >= 0.3 is 0 Å². The summed E-state index contributed by atoms with van der Waals surface area (Å²) in [6, 6.07) is 26.4. The highest BCUT2D eigenvalue weighted by atomic mass is 32.2. The fraction of sp³-hybridized carbons (Fsp3) is 0.292. The van der Waals surface area contributed by atoms with Crippen LogP contribution in [0.2, 0.25) is 0 Å². The van der Waals surface area contributed by atoms with Gasteiger partial charge in [-0.05, 0) is 23.3 Å². The summed E-state index contributed by atoms with van der Waals surface area (Å²) in [5, 5.41) is 0.967. The van der Waals surface area contributed by atoms with E-state index in [1.54, 1.807) is 11.8 Å². The van der Waals surface area contributed by atoms with E-state index in [0.29, 0.717) is 26.4 Å². The minimum Gasteiger partial charge on any atom is -0.376 e. The van der Waals surface area contributed by atoms with Crippen LogP contribution in [0.25, 0.3) is 0 Å². The van der Waals surface area contributed by atoms with Crippen LogP contribution in [0.3, 0.4) is 0 Å². The zero-order valence-corrected chi connectivity index (χ0v) is 17.0. The minimum absolute atomic E-state index is 0.0333. The molecule has 4 rings (SSSR count). The molecule has 1 aromatic heterocycles. The number of hydrogen-bond acceptors (Lipinski definition) is 5. The highest BCUT2D eigenvalue weighted by Gasteiger charge is 2.43. The fourth-order valence-electron chi connectivity index (χ4n) is 3.21. The highest BCUT2D eigenvalue weighted by molar-refractivity contribution is 7.99.